The van der Waals surface area contributed by atoms with Crippen molar-refractivity contribution in [2.75, 3.05) is 0 Å². The summed E-state index contributed by atoms with van der Waals surface area (Å²) >= 11 is 0. The van der Waals surface area contributed by atoms with Gasteiger partial charge in [-0.2, -0.15) is 0 Å². The van der Waals surface area contributed by atoms with Gasteiger partial charge in [0.05, 0.1) is 27.2 Å². The van der Waals surface area contributed by atoms with Gasteiger partial charge in [0.25, 0.3) is 22.2 Å². The molecule has 0 amide bonds. The topological polar surface area (TPSA) is 78.1 Å². The van der Waals surface area contributed by atoms with Gasteiger partial charge in [0.15, 0.2) is 0 Å². The molecule has 6 heteroatoms. The summed E-state index contributed by atoms with van der Waals surface area (Å²) in [7, 11) is 1.39. The molecule has 2 aromatic carbocycles. The predicted octanol–water partition coefficient (Wildman–Crippen LogP) is 1.93. The van der Waals surface area contributed by atoms with Crippen molar-refractivity contribution in [3.8, 4) is 5.69 Å². The molecule has 4 aromatic rings. The van der Waals surface area contributed by atoms with Gasteiger partial charge in [0.1, 0.15) is 0 Å². The highest BCUT2D eigenvalue weighted by atomic mass is 16.2. The van der Waals surface area contributed by atoms with Crippen molar-refractivity contribution in [2.45, 2.75) is 34.1 Å². The molecule has 0 fully saturated rings. The van der Waals surface area contributed by atoms with Crippen LogP contribution < -0.4 is 22.2 Å². The maximum Gasteiger partial charge on any atom is 0.266 e. The zero-order valence-electron chi connectivity index (χ0n) is 16.5. The van der Waals surface area contributed by atoms with Crippen LogP contribution in [0.3, 0.4) is 0 Å². The fraction of sp³-hybridized carbons (Fsp3) is 0.273. The average Bonchev–Trinajstić information content (AvgIpc) is 3.01. The van der Waals surface area contributed by atoms with Crippen LogP contribution in [0.1, 0.15) is 29.2 Å². The van der Waals surface area contributed by atoms with Gasteiger partial charge in [-0.1, -0.05) is 13.0 Å². The van der Waals surface area contributed by atoms with Crippen molar-refractivity contribution in [2.24, 2.45) is 7.05 Å². The summed E-state index contributed by atoms with van der Waals surface area (Å²) in [4.78, 5) is 50.9. The Labute approximate surface area is 160 Å². The van der Waals surface area contributed by atoms with Gasteiger partial charge in [-0.15, -0.1) is 0 Å². The zero-order chi connectivity index (χ0) is 20.5. The first kappa shape index (κ1) is 18.1. The van der Waals surface area contributed by atoms with E-state index in [1.807, 2.05) is 33.8 Å². The van der Waals surface area contributed by atoms with E-state index in [9.17, 15) is 19.2 Å². The van der Waals surface area contributed by atoms with Crippen LogP contribution >= 0.6 is 0 Å². The van der Waals surface area contributed by atoms with Crippen molar-refractivity contribution < 1.29 is 0 Å². The van der Waals surface area contributed by atoms with E-state index in [1.165, 1.54) is 23.7 Å². The normalized spacial score (nSPS) is 11.8. The third-order valence-corrected chi connectivity index (χ3v) is 5.76. The number of aromatic nitrogens is 2. The first-order chi connectivity index (χ1) is 13.2. The summed E-state index contributed by atoms with van der Waals surface area (Å²) in [6, 6.07) is 4.75. The Morgan fingerprint density at radius 3 is 1.64 bits per heavy atom. The Morgan fingerprint density at radius 1 is 0.714 bits per heavy atom. The molecule has 0 N–H and O–H groups in total. The third kappa shape index (κ3) is 2.14. The van der Waals surface area contributed by atoms with Crippen LogP contribution in [-0.2, 0) is 13.5 Å². The van der Waals surface area contributed by atoms with E-state index in [2.05, 4.69) is 0 Å². The maximum absolute atomic E-state index is 13.2. The molecular formula is C22H20N2O4. The molecule has 6 nitrogen and oxygen atoms in total. The zero-order valence-corrected chi connectivity index (χ0v) is 16.5. The number of hydrogen-bond donors (Lipinski definition) is 0. The number of hydrogen-bond acceptors (Lipinski definition) is 4. The summed E-state index contributed by atoms with van der Waals surface area (Å²) in [6.07, 6.45) is 0.789. The molecule has 2 aromatic heterocycles. The van der Waals surface area contributed by atoms with Crippen molar-refractivity contribution in [1.82, 2.24) is 9.13 Å². The molecular weight excluding hydrogens is 356 g/mol. The summed E-state index contributed by atoms with van der Waals surface area (Å²) in [5.41, 5.74) is 2.70. The quantitative estimate of drug-likeness (QED) is 0.536. The van der Waals surface area contributed by atoms with Crippen LogP contribution in [0.4, 0.5) is 0 Å². The number of fused-ring (bicyclic) bond motifs is 2. The third-order valence-electron chi connectivity index (χ3n) is 5.76. The number of benzene rings is 2. The minimum Gasteiger partial charge on any atom is -0.277 e. The average molecular weight is 376 g/mol. The first-order valence-electron chi connectivity index (χ1n) is 9.17. The van der Waals surface area contributed by atoms with Crippen LogP contribution in [0, 0.1) is 20.8 Å². The van der Waals surface area contributed by atoms with E-state index in [4.69, 9.17) is 0 Å². The van der Waals surface area contributed by atoms with Crippen molar-refractivity contribution in [1.29, 1.82) is 0 Å². The molecule has 0 unspecified atom stereocenters. The number of nitrogens with zero attached hydrogens (tertiary/aromatic N) is 2. The second kappa shape index (κ2) is 5.86. The number of aryl methyl sites for hydroxylation is 2. The molecule has 4 rings (SSSR count). The Morgan fingerprint density at radius 2 is 1.18 bits per heavy atom. The molecule has 28 heavy (non-hydrogen) atoms. The molecule has 0 aliphatic heterocycles. The smallest absolute Gasteiger partial charge is 0.266 e. The summed E-state index contributed by atoms with van der Waals surface area (Å²) in [5.74, 6) is 0. The molecule has 142 valence electrons. The lowest BCUT2D eigenvalue weighted by Crippen LogP contribution is -2.25. The molecule has 0 aliphatic carbocycles. The molecule has 0 atom stereocenters. The lowest BCUT2D eigenvalue weighted by Gasteiger charge is -2.16. The van der Waals surface area contributed by atoms with Gasteiger partial charge in [-0.25, -0.2) is 4.57 Å². The summed E-state index contributed by atoms with van der Waals surface area (Å²) in [6.45, 7) is 7.85. The van der Waals surface area contributed by atoms with E-state index >= 15 is 0 Å². The molecule has 0 spiro atoms. The maximum atomic E-state index is 13.2. The molecule has 0 radical (unpaired) electrons. The second-order valence-corrected chi connectivity index (χ2v) is 7.37. The van der Waals surface area contributed by atoms with E-state index in [1.54, 1.807) is 0 Å². The van der Waals surface area contributed by atoms with Gasteiger partial charge in [0.2, 0.25) is 0 Å². The van der Waals surface area contributed by atoms with Crippen LogP contribution in [0.15, 0.2) is 37.4 Å². The van der Waals surface area contributed by atoms with Crippen molar-refractivity contribution in [3.63, 3.8) is 0 Å². The fourth-order valence-electron chi connectivity index (χ4n) is 4.40. The number of rotatable bonds is 2. The van der Waals surface area contributed by atoms with Gasteiger partial charge in [-0.05, 0) is 61.6 Å². The van der Waals surface area contributed by atoms with Gasteiger partial charge in [0, 0.05) is 7.05 Å². The van der Waals surface area contributed by atoms with Crippen molar-refractivity contribution in [3.05, 3.63) is 81.9 Å². The van der Waals surface area contributed by atoms with Gasteiger partial charge >= 0.3 is 0 Å². The van der Waals surface area contributed by atoms with Crippen LogP contribution in [0.25, 0.3) is 27.2 Å². The summed E-state index contributed by atoms with van der Waals surface area (Å²) in [5, 5.41) is 0.664. The molecule has 0 bridgehead atoms. The predicted molar refractivity (Wildman–Crippen MR) is 111 cm³/mol. The molecule has 0 saturated carbocycles. The second-order valence-electron chi connectivity index (χ2n) is 7.37. The Hall–Kier alpha value is -3.28. The standard InChI is InChI=1S/C22H20N2O4/c1-6-13-10(2)7-11(3)18(12(13)4)24-21(27)16-8-14-15(9-17(16)22(24)28)20(26)23(5)19(14)25/h7-9H,6H2,1-5H3. The Bertz CT molecular complexity index is 1430. The fourth-order valence-corrected chi connectivity index (χ4v) is 4.40. The minimum atomic E-state index is -0.463. The van der Waals surface area contributed by atoms with E-state index in [0.717, 1.165) is 33.2 Å². The van der Waals surface area contributed by atoms with Crippen LogP contribution in [0.5, 0.6) is 0 Å². The van der Waals surface area contributed by atoms with Gasteiger partial charge in [-0.3, -0.25) is 23.7 Å². The van der Waals surface area contributed by atoms with E-state index in [-0.39, 0.29) is 21.5 Å². The first-order valence-corrected chi connectivity index (χ1v) is 9.17. The Balaban J connectivity index is 2.20. The molecule has 0 saturated heterocycles. The monoisotopic (exact) mass is 376 g/mol. The molecule has 0 aliphatic rings. The van der Waals surface area contributed by atoms with E-state index in [0.29, 0.717) is 5.69 Å². The van der Waals surface area contributed by atoms with Crippen LogP contribution in [0.2, 0.25) is 0 Å². The summed E-state index contributed by atoms with van der Waals surface area (Å²) < 4.78 is 2.18. The molecule has 2 heterocycles. The highest BCUT2D eigenvalue weighted by molar-refractivity contribution is 5.98. The lowest BCUT2D eigenvalue weighted by atomic mass is 9.95. The van der Waals surface area contributed by atoms with Crippen molar-refractivity contribution >= 4 is 21.5 Å². The van der Waals surface area contributed by atoms with Gasteiger partial charge < -0.3 is 0 Å². The lowest BCUT2D eigenvalue weighted by molar-refractivity contribution is 0.856. The SMILES string of the molecule is CCc1c(C)cc(C)c(-n2c(=O)c3cc4c(=O)n(C)c(=O)c4cc3c2=O)c1C. The minimum absolute atomic E-state index is 0.164. The highest BCUT2D eigenvalue weighted by Crippen LogP contribution is 2.26. The highest BCUT2D eigenvalue weighted by Gasteiger charge is 2.22. The largest absolute Gasteiger partial charge is 0.277 e. The van der Waals surface area contributed by atoms with E-state index < -0.39 is 22.2 Å². The van der Waals surface area contributed by atoms with Crippen LogP contribution in [-0.4, -0.2) is 9.13 Å². The Kier molecular flexibility index (Phi) is 3.79.